The summed E-state index contributed by atoms with van der Waals surface area (Å²) in [7, 11) is -1.62. The molecule has 0 aromatic heterocycles. The van der Waals surface area contributed by atoms with Crippen molar-refractivity contribution in [3.8, 4) is 5.75 Å². The second-order valence-corrected chi connectivity index (χ2v) is 6.76. The summed E-state index contributed by atoms with van der Waals surface area (Å²) >= 11 is 3.25. The first-order valence-corrected chi connectivity index (χ1v) is 7.73. The van der Waals surface area contributed by atoms with Gasteiger partial charge in [-0.1, -0.05) is 15.9 Å². The topological polar surface area (TPSA) is 60.4 Å². The van der Waals surface area contributed by atoms with Gasteiger partial charge in [0.25, 0.3) is 0 Å². The average molecular weight is 321 g/mol. The van der Waals surface area contributed by atoms with Crippen LogP contribution in [0.2, 0.25) is 0 Å². The van der Waals surface area contributed by atoms with Crippen LogP contribution in [0.5, 0.6) is 5.75 Å². The summed E-state index contributed by atoms with van der Waals surface area (Å²) in [5, 5.41) is 0. The zero-order chi connectivity index (χ0) is 13.1. The van der Waals surface area contributed by atoms with E-state index in [1.165, 1.54) is 7.11 Å². The molecular formula is C11H13BrO4S. The monoisotopic (exact) mass is 320 g/mol. The van der Waals surface area contributed by atoms with Crippen LogP contribution in [0.15, 0.2) is 22.7 Å². The first-order chi connectivity index (χ1) is 7.83. The average Bonchev–Trinajstić information content (AvgIpc) is 2.25. The molecule has 0 bridgehead atoms. The van der Waals surface area contributed by atoms with Crippen molar-refractivity contribution < 1.29 is 17.9 Å². The van der Waals surface area contributed by atoms with Crippen molar-refractivity contribution in [2.24, 2.45) is 0 Å². The van der Waals surface area contributed by atoms with Gasteiger partial charge in [-0.25, -0.2) is 8.42 Å². The van der Waals surface area contributed by atoms with Gasteiger partial charge < -0.3 is 4.74 Å². The molecule has 0 heterocycles. The van der Waals surface area contributed by atoms with E-state index in [4.69, 9.17) is 4.74 Å². The molecule has 0 saturated carbocycles. The van der Waals surface area contributed by atoms with Gasteiger partial charge >= 0.3 is 0 Å². The second kappa shape index (κ2) is 5.64. The summed E-state index contributed by atoms with van der Waals surface area (Å²) in [6.07, 6.45) is 1.09. The van der Waals surface area contributed by atoms with Crippen LogP contribution >= 0.6 is 15.9 Å². The molecular weight excluding hydrogens is 308 g/mol. The van der Waals surface area contributed by atoms with Gasteiger partial charge in [0.2, 0.25) is 0 Å². The highest BCUT2D eigenvalue weighted by atomic mass is 79.9. The van der Waals surface area contributed by atoms with Crippen molar-refractivity contribution in [2.75, 3.05) is 19.1 Å². The van der Waals surface area contributed by atoms with Gasteiger partial charge in [-0.2, -0.15) is 0 Å². The Kier molecular flexibility index (Phi) is 4.70. The van der Waals surface area contributed by atoms with E-state index in [-0.39, 0.29) is 18.0 Å². The number of carbonyl (C=O) groups is 1. The molecule has 1 aromatic rings. The van der Waals surface area contributed by atoms with Crippen LogP contribution in [0, 0.1) is 0 Å². The van der Waals surface area contributed by atoms with Gasteiger partial charge in [0.15, 0.2) is 5.78 Å². The summed E-state index contributed by atoms with van der Waals surface area (Å²) in [5.74, 6) is 0.201. The fourth-order valence-electron chi connectivity index (χ4n) is 1.26. The Balaban J connectivity index is 2.88. The van der Waals surface area contributed by atoms with Gasteiger partial charge in [-0.05, 0) is 18.2 Å². The van der Waals surface area contributed by atoms with Crippen LogP contribution in [-0.4, -0.2) is 33.3 Å². The van der Waals surface area contributed by atoms with Crippen LogP contribution in [-0.2, 0) is 9.84 Å². The lowest BCUT2D eigenvalue weighted by Crippen LogP contribution is -2.10. The fourth-order valence-corrected chi connectivity index (χ4v) is 2.28. The number of hydrogen-bond donors (Lipinski definition) is 0. The van der Waals surface area contributed by atoms with E-state index in [1.54, 1.807) is 18.2 Å². The lowest BCUT2D eigenvalue weighted by Gasteiger charge is -2.06. The number of halogens is 1. The van der Waals surface area contributed by atoms with Gasteiger partial charge in [-0.3, -0.25) is 4.79 Å². The summed E-state index contributed by atoms with van der Waals surface area (Å²) in [6, 6.07) is 5.01. The quantitative estimate of drug-likeness (QED) is 0.779. The molecule has 0 aliphatic carbocycles. The summed E-state index contributed by atoms with van der Waals surface area (Å²) in [6.45, 7) is 0. The molecule has 1 aromatic carbocycles. The van der Waals surface area contributed by atoms with Gasteiger partial charge in [0.1, 0.15) is 15.6 Å². The van der Waals surface area contributed by atoms with Gasteiger partial charge in [-0.15, -0.1) is 0 Å². The van der Waals surface area contributed by atoms with Crippen molar-refractivity contribution in [3.05, 3.63) is 28.2 Å². The number of carbonyl (C=O) groups excluding carboxylic acids is 1. The third-order valence-electron chi connectivity index (χ3n) is 2.17. The molecule has 0 aliphatic rings. The number of benzene rings is 1. The minimum atomic E-state index is -3.12. The number of hydrogen-bond acceptors (Lipinski definition) is 4. The molecule has 94 valence electrons. The van der Waals surface area contributed by atoms with Crippen LogP contribution in [0.4, 0.5) is 0 Å². The first kappa shape index (κ1) is 14.2. The standard InChI is InChI=1S/C11H13BrO4S/c1-16-8-3-4-10(12)9(7-8)11(13)5-6-17(2,14)15/h3-4,7H,5-6H2,1-2H3. The molecule has 6 heteroatoms. The SMILES string of the molecule is COc1ccc(Br)c(C(=O)CCS(C)(=O)=O)c1. The Bertz CT molecular complexity index is 522. The van der Waals surface area contributed by atoms with Crippen molar-refractivity contribution in [1.82, 2.24) is 0 Å². The van der Waals surface area contributed by atoms with Crippen LogP contribution < -0.4 is 4.74 Å². The first-order valence-electron chi connectivity index (χ1n) is 4.88. The predicted octanol–water partition coefficient (Wildman–Crippen LogP) is 2.08. The van der Waals surface area contributed by atoms with E-state index in [2.05, 4.69) is 15.9 Å². The Morgan fingerprint density at radius 3 is 2.59 bits per heavy atom. The molecule has 0 aliphatic heterocycles. The lowest BCUT2D eigenvalue weighted by molar-refractivity contribution is 0.0987. The lowest BCUT2D eigenvalue weighted by atomic mass is 10.1. The van der Waals surface area contributed by atoms with Gasteiger partial charge in [0, 0.05) is 22.7 Å². The van der Waals surface area contributed by atoms with Crippen LogP contribution in [0.1, 0.15) is 16.8 Å². The Labute approximate surface area is 109 Å². The van der Waals surface area contributed by atoms with E-state index >= 15 is 0 Å². The molecule has 17 heavy (non-hydrogen) atoms. The molecule has 0 saturated heterocycles. The third kappa shape index (κ3) is 4.47. The molecule has 0 spiro atoms. The van der Waals surface area contributed by atoms with E-state index < -0.39 is 9.84 Å². The zero-order valence-corrected chi connectivity index (χ0v) is 12.0. The van der Waals surface area contributed by atoms with Crippen molar-refractivity contribution in [3.63, 3.8) is 0 Å². The number of ketones is 1. The van der Waals surface area contributed by atoms with E-state index in [0.29, 0.717) is 15.8 Å². The zero-order valence-electron chi connectivity index (χ0n) is 9.57. The maximum Gasteiger partial charge on any atom is 0.165 e. The predicted molar refractivity (Wildman–Crippen MR) is 69.4 cm³/mol. The Morgan fingerprint density at radius 1 is 1.41 bits per heavy atom. The highest BCUT2D eigenvalue weighted by molar-refractivity contribution is 9.10. The van der Waals surface area contributed by atoms with E-state index in [0.717, 1.165) is 6.26 Å². The normalized spacial score (nSPS) is 11.2. The summed E-state index contributed by atoms with van der Waals surface area (Å²) < 4.78 is 27.6. The highest BCUT2D eigenvalue weighted by Gasteiger charge is 2.14. The molecule has 0 unspecified atom stereocenters. The highest BCUT2D eigenvalue weighted by Crippen LogP contribution is 2.23. The largest absolute Gasteiger partial charge is 0.497 e. The molecule has 0 fully saturated rings. The number of sulfone groups is 1. The summed E-state index contributed by atoms with van der Waals surface area (Å²) in [5.41, 5.74) is 0.438. The molecule has 0 atom stereocenters. The van der Waals surface area contributed by atoms with E-state index in [1.807, 2.05) is 0 Å². The van der Waals surface area contributed by atoms with Gasteiger partial charge in [0.05, 0.1) is 12.9 Å². The third-order valence-corrected chi connectivity index (χ3v) is 3.81. The fraction of sp³-hybridized carbons (Fsp3) is 0.364. The van der Waals surface area contributed by atoms with E-state index in [9.17, 15) is 13.2 Å². The number of rotatable bonds is 5. The molecule has 0 amide bonds. The maximum absolute atomic E-state index is 11.8. The summed E-state index contributed by atoms with van der Waals surface area (Å²) in [4.78, 5) is 11.8. The molecule has 1 rings (SSSR count). The second-order valence-electron chi connectivity index (χ2n) is 3.65. The van der Waals surface area contributed by atoms with Crippen molar-refractivity contribution >= 4 is 31.6 Å². The molecule has 0 N–H and O–H groups in total. The minimum Gasteiger partial charge on any atom is -0.497 e. The smallest absolute Gasteiger partial charge is 0.165 e. The molecule has 4 nitrogen and oxygen atoms in total. The Hall–Kier alpha value is -0.880. The minimum absolute atomic E-state index is 0.0232. The Morgan fingerprint density at radius 2 is 2.06 bits per heavy atom. The van der Waals surface area contributed by atoms with Crippen LogP contribution in [0.25, 0.3) is 0 Å². The number of methoxy groups -OCH3 is 1. The molecule has 0 radical (unpaired) electrons. The van der Waals surface area contributed by atoms with Crippen molar-refractivity contribution in [1.29, 1.82) is 0 Å². The number of Topliss-reactive ketones (excluding diaryl/α,β-unsaturated/α-hetero) is 1. The van der Waals surface area contributed by atoms with Crippen molar-refractivity contribution in [2.45, 2.75) is 6.42 Å². The van der Waals surface area contributed by atoms with Crippen LogP contribution in [0.3, 0.4) is 0 Å². The number of ether oxygens (including phenoxy) is 1. The maximum atomic E-state index is 11.8.